The van der Waals surface area contributed by atoms with Gasteiger partial charge in [-0.25, -0.2) is 9.97 Å². The average Bonchev–Trinajstić information content (AvgIpc) is 3.55. The van der Waals surface area contributed by atoms with Crippen molar-refractivity contribution in [3.05, 3.63) is 34.6 Å². The molecule has 4 rings (SSSR count). The Hall–Kier alpha value is -3.01. The van der Waals surface area contributed by atoms with Gasteiger partial charge in [0.05, 0.1) is 31.4 Å². The molecule has 10 nitrogen and oxygen atoms in total. The van der Waals surface area contributed by atoms with Crippen molar-refractivity contribution in [2.45, 2.75) is 25.3 Å². The van der Waals surface area contributed by atoms with Crippen LogP contribution in [0.2, 0.25) is 0 Å². The summed E-state index contributed by atoms with van der Waals surface area (Å²) in [5.41, 5.74) is 1.09. The Morgan fingerprint density at radius 3 is 2.69 bits per heavy atom. The molecular formula is C19H25N7O3. The van der Waals surface area contributed by atoms with Crippen molar-refractivity contribution in [2.75, 3.05) is 55.5 Å². The first-order chi connectivity index (χ1) is 14.0. The van der Waals surface area contributed by atoms with Gasteiger partial charge in [-0.2, -0.15) is 4.98 Å². The van der Waals surface area contributed by atoms with Crippen LogP contribution < -0.4 is 20.7 Å². The zero-order chi connectivity index (χ0) is 20.4. The third-order valence-corrected chi connectivity index (χ3v) is 4.96. The van der Waals surface area contributed by atoms with Crippen molar-refractivity contribution in [3.63, 3.8) is 0 Å². The highest BCUT2D eigenvalue weighted by Crippen LogP contribution is 2.38. The predicted octanol–water partition coefficient (Wildman–Crippen LogP) is 0.452. The highest BCUT2D eigenvalue weighted by molar-refractivity contribution is 5.93. The number of nitrogens with one attached hydrogen (secondary N) is 1. The monoisotopic (exact) mass is 399 g/mol. The first kappa shape index (κ1) is 19.3. The maximum absolute atomic E-state index is 12.5. The van der Waals surface area contributed by atoms with E-state index in [1.54, 1.807) is 6.20 Å². The number of nitrogens with zero attached hydrogens (tertiary/aromatic N) is 6. The number of anilines is 3. The number of ether oxygens (including phenoxy) is 1. The van der Waals surface area contributed by atoms with Gasteiger partial charge >= 0.3 is 0 Å². The standard InChI is InChI=1S/C19H25N7O3/c1-24(2)18-15(10-20-19(23-18)25-5-7-29-8-6-25)22-16(27)11-26-12-21-14(9-17(26)28)13-3-4-13/h9-10,12-13H,3-8,11H2,1-2H3,(H,22,27). The normalized spacial score (nSPS) is 16.6. The number of aromatic nitrogens is 4. The third kappa shape index (κ3) is 4.53. The molecule has 0 aromatic carbocycles. The van der Waals surface area contributed by atoms with E-state index in [0.717, 1.165) is 31.6 Å². The van der Waals surface area contributed by atoms with Gasteiger partial charge in [-0.1, -0.05) is 0 Å². The van der Waals surface area contributed by atoms with E-state index in [2.05, 4.69) is 25.2 Å². The number of rotatable bonds is 6. The molecule has 1 amide bonds. The van der Waals surface area contributed by atoms with Crippen LogP contribution in [0, 0.1) is 0 Å². The minimum atomic E-state index is -0.334. The molecule has 3 heterocycles. The molecule has 2 fully saturated rings. The van der Waals surface area contributed by atoms with Gasteiger partial charge in [0.2, 0.25) is 11.9 Å². The largest absolute Gasteiger partial charge is 0.378 e. The summed E-state index contributed by atoms with van der Waals surface area (Å²) in [6, 6.07) is 1.52. The molecule has 1 saturated carbocycles. The van der Waals surface area contributed by atoms with Gasteiger partial charge in [-0.15, -0.1) is 0 Å². The van der Waals surface area contributed by atoms with Gasteiger partial charge in [-0.3, -0.25) is 14.2 Å². The first-order valence-corrected chi connectivity index (χ1v) is 9.74. The topological polar surface area (TPSA) is 105 Å². The SMILES string of the molecule is CN(C)c1nc(N2CCOCC2)ncc1NC(=O)Cn1cnc(C2CC2)cc1=O. The molecular weight excluding hydrogens is 374 g/mol. The summed E-state index contributed by atoms with van der Waals surface area (Å²) in [6.45, 7) is 2.62. The molecule has 1 aliphatic carbocycles. The summed E-state index contributed by atoms with van der Waals surface area (Å²) in [5, 5.41) is 2.81. The Balaban J connectivity index is 1.47. The quantitative estimate of drug-likeness (QED) is 0.747. The van der Waals surface area contributed by atoms with E-state index in [1.165, 1.54) is 17.0 Å². The minimum absolute atomic E-state index is 0.116. The Kier molecular flexibility index (Phi) is 5.43. The van der Waals surface area contributed by atoms with Crippen molar-refractivity contribution >= 4 is 23.4 Å². The van der Waals surface area contributed by atoms with Crippen LogP contribution >= 0.6 is 0 Å². The summed E-state index contributed by atoms with van der Waals surface area (Å²) in [5.74, 6) is 1.27. The Morgan fingerprint density at radius 2 is 2.03 bits per heavy atom. The van der Waals surface area contributed by atoms with Crippen LogP contribution in [0.5, 0.6) is 0 Å². The zero-order valence-corrected chi connectivity index (χ0v) is 16.7. The fraction of sp³-hybridized carbons (Fsp3) is 0.526. The van der Waals surface area contributed by atoms with E-state index >= 15 is 0 Å². The van der Waals surface area contributed by atoms with Gasteiger partial charge in [-0.05, 0) is 12.8 Å². The van der Waals surface area contributed by atoms with Gasteiger partial charge in [0.25, 0.3) is 5.56 Å². The number of hydrogen-bond donors (Lipinski definition) is 1. The molecule has 1 saturated heterocycles. The van der Waals surface area contributed by atoms with Gasteiger partial charge in [0.15, 0.2) is 5.82 Å². The maximum Gasteiger partial charge on any atom is 0.254 e. The molecule has 0 bridgehead atoms. The molecule has 154 valence electrons. The molecule has 0 unspecified atom stereocenters. The van der Waals surface area contributed by atoms with Crippen molar-refractivity contribution in [3.8, 4) is 0 Å². The lowest BCUT2D eigenvalue weighted by atomic mass is 10.3. The smallest absolute Gasteiger partial charge is 0.254 e. The van der Waals surface area contributed by atoms with Gasteiger partial charge in [0.1, 0.15) is 12.2 Å². The minimum Gasteiger partial charge on any atom is -0.378 e. The van der Waals surface area contributed by atoms with Crippen LogP contribution in [0.25, 0.3) is 0 Å². The fourth-order valence-electron chi connectivity index (χ4n) is 3.21. The Labute approximate surface area is 168 Å². The molecule has 0 radical (unpaired) electrons. The van der Waals surface area contributed by atoms with E-state index in [-0.39, 0.29) is 18.0 Å². The zero-order valence-electron chi connectivity index (χ0n) is 16.7. The van der Waals surface area contributed by atoms with Crippen LogP contribution in [0.4, 0.5) is 17.5 Å². The van der Waals surface area contributed by atoms with E-state index in [9.17, 15) is 9.59 Å². The highest BCUT2D eigenvalue weighted by atomic mass is 16.5. The lowest BCUT2D eigenvalue weighted by molar-refractivity contribution is -0.116. The molecule has 2 aromatic rings. The van der Waals surface area contributed by atoms with Gasteiger partial charge in [0, 0.05) is 39.2 Å². The predicted molar refractivity (Wildman–Crippen MR) is 108 cm³/mol. The molecule has 2 aliphatic rings. The van der Waals surface area contributed by atoms with Crippen LogP contribution in [0.1, 0.15) is 24.5 Å². The van der Waals surface area contributed by atoms with Crippen LogP contribution in [0.15, 0.2) is 23.4 Å². The number of carbonyl (C=O) groups is 1. The fourth-order valence-corrected chi connectivity index (χ4v) is 3.21. The summed E-state index contributed by atoms with van der Waals surface area (Å²) < 4.78 is 6.67. The van der Waals surface area contributed by atoms with E-state index in [4.69, 9.17) is 4.74 Å². The Morgan fingerprint density at radius 1 is 1.28 bits per heavy atom. The molecule has 1 N–H and O–H groups in total. The number of hydrogen-bond acceptors (Lipinski definition) is 8. The van der Waals surface area contributed by atoms with Crippen molar-refractivity contribution < 1.29 is 9.53 Å². The summed E-state index contributed by atoms with van der Waals surface area (Å²) in [4.78, 5) is 41.9. The van der Waals surface area contributed by atoms with Crippen LogP contribution in [-0.4, -0.2) is 65.8 Å². The number of amides is 1. The van der Waals surface area contributed by atoms with E-state index in [1.807, 2.05) is 19.0 Å². The van der Waals surface area contributed by atoms with Crippen molar-refractivity contribution in [2.24, 2.45) is 0 Å². The molecule has 2 aromatic heterocycles. The van der Waals surface area contributed by atoms with E-state index in [0.29, 0.717) is 36.6 Å². The lowest BCUT2D eigenvalue weighted by Crippen LogP contribution is -2.37. The van der Waals surface area contributed by atoms with Crippen LogP contribution in [-0.2, 0) is 16.1 Å². The van der Waals surface area contributed by atoms with E-state index < -0.39 is 0 Å². The summed E-state index contributed by atoms with van der Waals surface area (Å²) >= 11 is 0. The summed E-state index contributed by atoms with van der Waals surface area (Å²) in [7, 11) is 3.71. The Bertz CT molecular complexity index is 949. The molecule has 10 heteroatoms. The van der Waals surface area contributed by atoms with Crippen molar-refractivity contribution in [1.82, 2.24) is 19.5 Å². The lowest BCUT2D eigenvalue weighted by Gasteiger charge is -2.28. The number of carbonyl (C=O) groups excluding carboxylic acids is 1. The second-order valence-electron chi connectivity index (χ2n) is 7.50. The molecule has 0 atom stereocenters. The molecule has 0 spiro atoms. The van der Waals surface area contributed by atoms with Gasteiger partial charge < -0.3 is 19.9 Å². The van der Waals surface area contributed by atoms with Crippen molar-refractivity contribution in [1.29, 1.82) is 0 Å². The average molecular weight is 399 g/mol. The second kappa shape index (κ2) is 8.16. The first-order valence-electron chi connectivity index (χ1n) is 9.74. The third-order valence-electron chi connectivity index (χ3n) is 4.96. The van der Waals surface area contributed by atoms with Crippen LogP contribution in [0.3, 0.4) is 0 Å². The highest BCUT2D eigenvalue weighted by Gasteiger charge is 2.25. The maximum atomic E-state index is 12.5. The summed E-state index contributed by atoms with van der Waals surface area (Å²) in [6.07, 6.45) is 5.19. The molecule has 1 aliphatic heterocycles. The second-order valence-corrected chi connectivity index (χ2v) is 7.50. The number of morpholine rings is 1. The molecule has 29 heavy (non-hydrogen) atoms.